The Morgan fingerprint density at radius 2 is 1.95 bits per heavy atom. The first-order chi connectivity index (χ1) is 9.69. The van der Waals surface area contributed by atoms with E-state index in [9.17, 15) is 9.18 Å². The van der Waals surface area contributed by atoms with Gasteiger partial charge in [0.15, 0.2) is 0 Å². The molecule has 0 bridgehead atoms. The van der Waals surface area contributed by atoms with Gasteiger partial charge in [-0.2, -0.15) is 0 Å². The molecule has 0 fully saturated rings. The summed E-state index contributed by atoms with van der Waals surface area (Å²) in [6, 6.07) is 13.9. The molecule has 0 spiro atoms. The summed E-state index contributed by atoms with van der Waals surface area (Å²) in [7, 11) is 0. The van der Waals surface area contributed by atoms with Crippen LogP contribution >= 0.6 is 0 Å². The van der Waals surface area contributed by atoms with E-state index in [4.69, 9.17) is 0 Å². The largest absolute Gasteiger partial charge is 0.374 e. The van der Waals surface area contributed by atoms with Gasteiger partial charge in [-0.1, -0.05) is 31.2 Å². The summed E-state index contributed by atoms with van der Waals surface area (Å²) in [6.45, 7) is 2.08. The number of nitrogens with one attached hydrogen (secondary N) is 2. The molecule has 0 heterocycles. The van der Waals surface area contributed by atoms with Gasteiger partial charge in [0.2, 0.25) is 5.91 Å². The Kier molecular flexibility index (Phi) is 4.71. The van der Waals surface area contributed by atoms with E-state index in [1.807, 2.05) is 24.3 Å². The minimum absolute atomic E-state index is 0.0251. The van der Waals surface area contributed by atoms with Crippen LogP contribution in [0, 0.1) is 5.82 Å². The Morgan fingerprint density at radius 3 is 2.70 bits per heavy atom. The second-order valence-electron chi connectivity index (χ2n) is 4.44. The molecule has 1 amide bonds. The minimum Gasteiger partial charge on any atom is -0.374 e. The van der Waals surface area contributed by atoms with E-state index in [0.717, 1.165) is 17.7 Å². The summed E-state index contributed by atoms with van der Waals surface area (Å²) < 4.78 is 13.4. The maximum Gasteiger partial charge on any atom is 0.243 e. The molecule has 104 valence electrons. The highest BCUT2D eigenvalue weighted by atomic mass is 19.1. The van der Waals surface area contributed by atoms with Gasteiger partial charge in [0.25, 0.3) is 0 Å². The fourth-order valence-corrected chi connectivity index (χ4v) is 1.85. The highest BCUT2D eigenvalue weighted by Gasteiger charge is 2.05. The average molecular weight is 272 g/mol. The third-order valence-electron chi connectivity index (χ3n) is 2.93. The van der Waals surface area contributed by atoms with Crippen LogP contribution in [0.1, 0.15) is 12.5 Å². The zero-order valence-corrected chi connectivity index (χ0v) is 11.3. The molecule has 0 saturated heterocycles. The van der Waals surface area contributed by atoms with Crippen molar-refractivity contribution in [2.24, 2.45) is 0 Å². The quantitative estimate of drug-likeness (QED) is 0.875. The number of benzene rings is 2. The Labute approximate surface area is 117 Å². The lowest BCUT2D eigenvalue weighted by Gasteiger charge is -2.09. The molecule has 0 saturated carbocycles. The number of carbonyl (C=O) groups excluding carboxylic acids is 1. The van der Waals surface area contributed by atoms with Crippen LogP contribution in [0.25, 0.3) is 0 Å². The van der Waals surface area contributed by atoms with Gasteiger partial charge >= 0.3 is 0 Å². The van der Waals surface area contributed by atoms with Crippen molar-refractivity contribution in [3.05, 3.63) is 59.9 Å². The van der Waals surface area contributed by atoms with E-state index in [0.29, 0.717) is 5.69 Å². The van der Waals surface area contributed by atoms with Crippen molar-refractivity contribution in [2.45, 2.75) is 13.3 Å². The highest BCUT2D eigenvalue weighted by molar-refractivity contribution is 5.93. The number of amides is 1. The monoisotopic (exact) mass is 272 g/mol. The molecule has 0 atom stereocenters. The van der Waals surface area contributed by atoms with E-state index in [1.165, 1.54) is 6.07 Å². The molecule has 2 N–H and O–H groups in total. The van der Waals surface area contributed by atoms with E-state index in [-0.39, 0.29) is 18.3 Å². The van der Waals surface area contributed by atoms with Crippen LogP contribution in [0.5, 0.6) is 0 Å². The molecule has 4 heteroatoms. The zero-order valence-electron chi connectivity index (χ0n) is 11.3. The number of carbonyl (C=O) groups is 1. The molecule has 0 aliphatic heterocycles. The maximum atomic E-state index is 13.4. The van der Waals surface area contributed by atoms with Crippen molar-refractivity contribution in [3.63, 3.8) is 0 Å². The van der Waals surface area contributed by atoms with Gasteiger partial charge < -0.3 is 10.6 Å². The third-order valence-corrected chi connectivity index (χ3v) is 2.93. The van der Waals surface area contributed by atoms with Crippen LogP contribution in [0.3, 0.4) is 0 Å². The molecule has 0 aromatic heterocycles. The summed E-state index contributed by atoms with van der Waals surface area (Å²) in [4.78, 5) is 11.8. The molecule has 0 aliphatic carbocycles. The van der Waals surface area contributed by atoms with Crippen molar-refractivity contribution >= 4 is 17.3 Å². The standard InChI is InChI=1S/C16H17FN2O/c1-2-12-6-5-7-13(10-12)19-16(20)11-18-15-9-4-3-8-14(15)17/h3-10,18H,2,11H2,1H3,(H,19,20). The number of para-hydroxylation sites is 1. The number of anilines is 2. The topological polar surface area (TPSA) is 41.1 Å². The van der Waals surface area contributed by atoms with Gasteiger partial charge in [-0.15, -0.1) is 0 Å². The summed E-state index contributed by atoms with van der Waals surface area (Å²) >= 11 is 0. The molecular formula is C16H17FN2O. The summed E-state index contributed by atoms with van der Waals surface area (Å²) in [6.07, 6.45) is 0.914. The van der Waals surface area contributed by atoms with Gasteiger partial charge in [-0.25, -0.2) is 4.39 Å². The number of rotatable bonds is 5. The number of hydrogen-bond donors (Lipinski definition) is 2. The Bertz CT molecular complexity index is 599. The Balaban J connectivity index is 1.91. The molecule has 20 heavy (non-hydrogen) atoms. The van der Waals surface area contributed by atoms with Crippen LogP contribution in [0.2, 0.25) is 0 Å². The van der Waals surface area contributed by atoms with Crippen molar-refractivity contribution in [1.29, 1.82) is 0 Å². The SMILES string of the molecule is CCc1cccc(NC(=O)CNc2ccccc2F)c1. The normalized spacial score (nSPS) is 10.1. The van der Waals surface area contributed by atoms with Crippen LogP contribution in [-0.2, 0) is 11.2 Å². The van der Waals surface area contributed by atoms with Crippen LogP contribution in [0.15, 0.2) is 48.5 Å². The fraction of sp³-hybridized carbons (Fsp3) is 0.188. The van der Waals surface area contributed by atoms with Crippen LogP contribution in [-0.4, -0.2) is 12.5 Å². The molecule has 2 aromatic rings. The lowest BCUT2D eigenvalue weighted by molar-refractivity contribution is -0.114. The molecule has 3 nitrogen and oxygen atoms in total. The van der Waals surface area contributed by atoms with Gasteiger partial charge in [0.05, 0.1) is 12.2 Å². The third kappa shape index (κ3) is 3.82. The van der Waals surface area contributed by atoms with Crippen molar-refractivity contribution in [1.82, 2.24) is 0 Å². The fourth-order valence-electron chi connectivity index (χ4n) is 1.85. The summed E-state index contributed by atoms with van der Waals surface area (Å²) in [5, 5.41) is 5.56. The average Bonchev–Trinajstić information content (AvgIpc) is 2.46. The van der Waals surface area contributed by atoms with Crippen LogP contribution < -0.4 is 10.6 Å². The maximum absolute atomic E-state index is 13.4. The van der Waals surface area contributed by atoms with Crippen molar-refractivity contribution in [2.75, 3.05) is 17.2 Å². The van der Waals surface area contributed by atoms with Crippen molar-refractivity contribution < 1.29 is 9.18 Å². The molecule has 0 aliphatic rings. The van der Waals surface area contributed by atoms with E-state index >= 15 is 0 Å². The Morgan fingerprint density at radius 1 is 1.15 bits per heavy atom. The van der Waals surface area contributed by atoms with E-state index in [1.54, 1.807) is 18.2 Å². The minimum atomic E-state index is -0.367. The number of halogens is 1. The van der Waals surface area contributed by atoms with Crippen LogP contribution in [0.4, 0.5) is 15.8 Å². The van der Waals surface area contributed by atoms with Crippen molar-refractivity contribution in [3.8, 4) is 0 Å². The highest BCUT2D eigenvalue weighted by Crippen LogP contribution is 2.13. The van der Waals surface area contributed by atoms with Gasteiger partial charge in [0.1, 0.15) is 5.82 Å². The molecule has 2 rings (SSSR count). The van der Waals surface area contributed by atoms with Gasteiger partial charge in [0, 0.05) is 5.69 Å². The predicted octanol–water partition coefficient (Wildman–Crippen LogP) is 3.44. The first kappa shape index (κ1) is 14.1. The molecule has 0 unspecified atom stereocenters. The van der Waals surface area contributed by atoms with E-state index < -0.39 is 0 Å². The first-order valence-electron chi connectivity index (χ1n) is 6.56. The van der Waals surface area contributed by atoms with Gasteiger partial charge in [-0.05, 0) is 36.2 Å². The second kappa shape index (κ2) is 6.70. The number of aryl methyl sites for hydroxylation is 1. The summed E-state index contributed by atoms with van der Waals surface area (Å²) in [5.74, 6) is -0.574. The first-order valence-corrected chi connectivity index (χ1v) is 6.56. The molecular weight excluding hydrogens is 255 g/mol. The summed E-state index contributed by atoms with van der Waals surface area (Å²) in [5.41, 5.74) is 2.24. The second-order valence-corrected chi connectivity index (χ2v) is 4.44. The van der Waals surface area contributed by atoms with Gasteiger partial charge in [-0.3, -0.25) is 4.79 Å². The lowest BCUT2D eigenvalue weighted by atomic mass is 10.1. The smallest absolute Gasteiger partial charge is 0.243 e. The molecule has 2 aromatic carbocycles. The Hall–Kier alpha value is -2.36. The predicted molar refractivity (Wildman–Crippen MR) is 79.3 cm³/mol. The zero-order chi connectivity index (χ0) is 14.4. The lowest BCUT2D eigenvalue weighted by Crippen LogP contribution is -2.22. The number of hydrogen-bond acceptors (Lipinski definition) is 2. The molecule has 0 radical (unpaired) electrons. The van der Waals surface area contributed by atoms with E-state index in [2.05, 4.69) is 17.6 Å².